The molecule has 0 spiro atoms. The molecule has 0 amide bonds. The lowest BCUT2D eigenvalue weighted by Gasteiger charge is -2.42. The second-order valence-electron chi connectivity index (χ2n) is 14.7. The zero-order chi connectivity index (χ0) is 34.5. The Labute approximate surface area is 286 Å². The van der Waals surface area contributed by atoms with Crippen LogP contribution in [0.5, 0.6) is 6.01 Å². The van der Waals surface area contributed by atoms with Crippen molar-refractivity contribution in [3.8, 4) is 23.2 Å². The molecule has 5 aliphatic heterocycles. The average Bonchev–Trinajstić information content (AvgIpc) is 3.88. The molecule has 5 aliphatic rings. The molecule has 0 aliphatic carbocycles. The second kappa shape index (κ2) is 11.7. The number of aliphatic hydroxyl groups excluding tert-OH is 1. The van der Waals surface area contributed by atoms with E-state index < -0.39 is 29.4 Å². The highest BCUT2D eigenvalue weighted by Gasteiger charge is 2.50. The molecule has 4 fully saturated rings. The molecule has 9 rings (SSSR count). The summed E-state index contributed by atoms with van der Waals surface area (Å²) in [6.45, 7) is 5.37. The molecule has 4 aromatic rings. The number of piperazine rings is 1. The summed E-state index contributed by atoms with van der Waals surface area (Å²) in [6, 6.07) is 4.72. The summed E-state index contributed by atoms with van der Waals surface area (Å²) in [7, 11) is 0. The number of ether oxygens (including phenoxy) is 2. The highest BCUT2D eigenvalue weighted by Crippen LogP contribution is 2.48. The predicted molar refractivity (Wildman–Crippen MR) is 178 cm³/mol. The number of fused-ring (bicyclic) bond motifs is 7. The number of alkyl halides is 1. The summed E-state index contributed by atoms with van der Waals surface area (Å²) < 4.78 is 64.9. The maximum atomic E-state index is 17.5. The smallest absolute Gasteiger partial charge is 0.319 e. The highest BCUT2D eigenvalue weighted by atomic mass is 19.1. The number of nitrogen functional groups attached to an aromatic ring is 1. The van der Waals surface area contributed by atoms with E-state index in [1.54, 1.807) is 6.92 Å². The Kier molecular flexibility index (Phi) is 7.44. The molecule has 50 heavy (non-hydrogen) atoms. The van der Waals surface area contributed by atoms with Crippen molar-refractivity contribution in [2.75, 3.05) is 50.0 Å². The molecule has 0 saturated carbocycles. The summed E-state index contributed by atoms with van der Waals surface area (Å²) in [5, 5.41) is 20.7. The number of nitrogens with zero attached hydrogens (tertiary/aromatic N) is 6. The molecule has 262 valence electrons. The van der Waals surface area contributed by atoms with Crippen LogP contribution >= 0.6 is 0 Å². The van der Waals surface area contributed by atoms with Gasteiger partial charge in [0.15, 0.2) is 17.2 Å². The second-order valence-corrected chi connectivity index (χ2v) is 14.7. The fraction of sp³-hybridized carbons (Fsp3) is 0.528. The zero-order valence-corrected chi connectivity index (χ0v) is 27.7. The third-order valence-electron chi connectivity index (χ3n) is 11.5. The third kappa shape index (κ3) is 4.77. The molecule has 0 radical (unpaired) electrons. The molecule has 11 nitrogen and oxygen atoms in total. The van der Waals surface area contributed by atoms with Crippen molar-refractivity contribution in [2.45, 2.75) is 82.1 Å². The van der Waals surface area contributed by atoms with E-state index in [2.05, 4.69) is 14.7 Å². The van der Waals surface area contributed by atoms with Crippen LogP contribution in [0.4, 0.5) is 24.9 Å². The maximum absolute atomic E-state index is 17.5. The molecular weight excluding hydrogens is 651 g/mol. The molecule has 2 aromatic heterocycles. The van der Waals surface area contributed by atoms with Gasteiger partial charge in [-0.1, -0.05) is 6.07 Å². The molecular formula is C36H38F3N7O4. The largest absolute Gasteiger partial charge is 0.461 e. The number of rotatable bonds is 7. The number of anilines is 2. The monoisotopic (exact) mass is 689 g/mol. The van der Waals surface area contributed by atoms with Gasteiger partial charge in [-0.25, -0.2) is 13.2 Å². The number of hydrogen-bond donors (Lipinski definition) is 2. The lowest BCUT2D eigenvalue weighted by molar-refractivity contribution is 0.107. The lowest BCUT2D eigenvalue weighted by Crippen LogP contribution is -2.55. The Morgan fingerprint density at radius 2 is 1.92 bits per heavy atom. The molecule has 7 heterocycles. The van der Waals surface area contributed by atoms with E-state index in [9.17, 15) is 19.1 Å². The van der Waals surface area contributed by atoms with Crippen molar-refractivity contribution in [1.82, 2.24) is 19.8 Å². The van der Waals surface area contributed by atoms with E-state index >= 15 is 4.39 Å². The molecule has 4 saturated heterocycles. The SMILES string of the molecule is C[C@@H](O)CN1CC2CCC(C1)N2c1nc(OC[C@@]23CCCN2C[C@H](F)C3)nc2c(F)c(-c3ccc(F)c4oc(N)c(C#N)c34)c3c(c12)COC3. The summed E-state index contributed by atoms with van der Waals surface area (Å²) >= 11 is 0. The minimum absolute atomic E-state index is 0.0000750. The van der Waals surface area contributed by atoms with Crippen LogP contribution < -0.4 is 15.4 Å². The number of nitrogens with two attached hydrogens (primary N) is 1. The minimum atomic E-state index is -0.939. The van der Waals surface area contributed by atoms with Gasteiger partial charge in [0.2, 0.25) is 5.88 Å². The Balaban J connectivity index is 1.24. The summed E-state index contributed by atoms with van der Waals surface area (Å²) in [6.07, 6.45) is 2.51. The topological polar surface area (TPSA) is 137 Å². The number of aliphatic hydroxyl groups is 1. The first-order valence-electron chi connectivity index (χ1n) is 17.4. The first kappa shape index (κ1) is 31.8. The van der Waals surface area contributed by atoms with Crippen LogP contribution in [0.15, 0.2) is 16.5 Å². The van der Waals surface area contributed by atoms with E-state index in [0.29, 0.717) is 54.9 Å². The van der Waals surface area contributed by atoms with Gasteiger partial charge in [-0.15, -0.1) is 0 Å². The highest BCUT2D eigenvalue weighted by molar-refractivity contribution is 6.05. The predicted octanol–water partition coefficient (Wildman–Crippen LogP) is 4.79. The van der Waals surface area contributed by atoms with Gasteiger partial charge in [0, 0.05) is 50.2 Å². The normalized spacial score (nSPS) is 27.0. The molecule has 2 bridgehead atoms. The van der Waals surface area contributed by atoms with Crippen LogP contribution in [0.1, 0.15) is 55.7 Å². The molecule has 2 unspecified atom stereocenters. The quantitative estimate of drug-likeness (QED) is 0.277. The number of hydrogen-bond acceptors (Lipinski definition) is 11. The van der Waals surface area contributed by atoms with Crippen molar-refractivity contribution in [1.29, 1.82) is 5.26 Å². The third-order valence-corrected chi connectivity index (χ3v) is 11.5. The number of β-amino-alcohol motifs (C(OH)–C–C–N with tert-alkyl or cyclic N) is 1. The van der Waals surface area contributed by atoms with Crippen LogP contribution in [0.25, 0.3) is 33.0 Å². The van der Waals surface area contributed by atoms with Gasteiger partial charge in [0.1, 0.15) is 35.7 Å². The van der Waals surface area contributed by atoms with Crippen molar-refractivity contribution < 1.29 is 32.2 Å². The molecule has 2 aromatic carbocycles. The van der Waals surface area contributed by atoms with E-state index in [1.807, 2.05) is 6.07 Å². The lowest BCUT2D eigenvalue weighted by atomic mass is 9.90. The van der Waals surface area contributed by atoms with Crippen LogP contribution in [0.3, 0.4) is 0 Å². The van der Waals surface area contributed by atoms with Crippen molar-refractivity contribution in [3.63, 3.8) is 0 Å². The Morgan fingerprint density at radius 3 is 2.68 bits per heavy atom. The average molecular weight is 690 g/mol. The first-order valence-corrected chi connectivity index (χ1v) is 17.4. The van der Waals surface area contributed by atoms with E-state index in [1.165, 1.54) is 12.1 Å². The maximum Gasteiger partial charge on any atom is 0.319 e. The Hall–Kier alpha value is -4.16. The minimum Gasteiger partial charge on any atom is -0.461 e. The van der Waals surface area contributed by atoms with Crippen LogP contribution in [-0.2, 0) is 18.0 Å². The van der Waals surface area contributed by atoms with Crippen molar-refractivity contribution in [3.05, 3.63) is 40.5 Å². The number of likely N-dealkylation sites (tertiary alicyclic amines) is 1. The van der Waals surface area contributed by atoms with E-state index in [-0.39, 0.29) is 77.0 Å². The van der Waals surface area contributed by atoms with Gasteiger partial charge in [0.05, 0.1) is 35.6 Å². The summed E-state index contributed by atoms with van der Waals surface area (Å²) in [4.78, 5) is 16.4. The van der Waals surface area contributed by atoms with E-state index in [4.69, 9.17) is 29.6 Å². The standard InChI is InChI=1S/C36H38F3N7O4/c1-18(47)11-44-13-20-3-4-21(14-44)46(20)34-29-25-16-48-15-24(25)27(22-5-6-26(38)32-28(22)23(10-40)33(41)50-32)30(39)31(29)42-35(43-34)49-17-36-7-2-8-45(36)12-19(37)9-36/h5-6,18-21,47H,2-4,7-9,11-17,41H2,1H3/t18-,19-,20?,21?,36+/m1/s1. The Bertz CT molecular complexity index is 2070. The fourth-order valence-electron chi connectivity index (χ4n) is 9.54. The zero-order valence-electron chi connectivity index (χ0n) is 27.7. The first-order chi connectivity index (χ1) is 24.2. The summed E-state index contributed by atoms with van der Waals surface area (Å²) in [5.74, 6) is -1.10. The number of aromatic nitrogens is 2. The summed E-state index contributed by atoms with van der Waals surface area (Å²) in [5.41, 5.74) is 6.88. The molecule has 14 heteroatoms. The van der Waals surface area contributed by atoms with Gasteiger partial charge >= 0.3 is 6.01 Å². The van der Waals surface area contributed by atoms with E-state index in [0.717, 1.165) is 32.2 Å². The van der Waals surface area contributed by atoms with Crippen LogP contribution in [0.2, 0.25) is 0 Å². The van der Waals surface area contributed by atoms with Crippen LogP contribution in [-0.4, -0.2) is 94.1 Å². The fourth-order valence-corrected chi connectivity index (χ4v) is 9.54. The Morgan fingerprint density at radius 1 is 1.14 bits per heavy atom. The number of nitriles is 1. The van der Waals surface area contributed by atoms with Gasteiger partial charge in [0.25, 0.3) is 0 Å². The van der Waals surface area contributed by atoms with Gasteiger partial charge < -0.3 is 29.6 Å². The molecule has 5 atom stereocenters. The number of halogens is 3. The number of benzene rings is 2. The van der Waals surface area contributed by atoms with Gasteiger partial charge in [-0.2, -0.15) is 15.2 Å². The van der Waals surface area contributed by atoms with Gasteiger partial charge in [-0.05, 0) is 61.9 Å². The van der Waals surface area contributed by atoms with Crippen molar-refractivity contribution >= 4 is 33.6 Å². The number of furan rings is 1. The van der Waals surface area contributed by atoms with Gasteiger partial charge in [-0.3, -0.25) is 9.80 Å². The van der Waals surface area contributed by atoms with Crippen molar-refractivity contribution in [2.24, 2.45) is 0 Å². The van der Waals surface area contributed by atoms with Crippen LogP contribution in [0, 0.1) is 23.0 Å². The molecule has 3 N–H and O–H groups in total.